The molecule has 0 aromatic rings. The largest absolute Gasteiger partial charge is 1.00 e. The molecule has 106 valence electrons. The summed E-state index contributed by atoms with van der Waals surface area (Å²) in [5, 5.41) is 6.24. The molecule has 0 aromatic carbocycles. The van der Waals surface area contributed by atoms with Crippen LogP contribution in [0.3, 0.4) is 0 Å². The van der Waals surface area contributed by atoms with Crippen LogP contribution in [0.2, 0.25) is 0 Å². The number of unbranched alkanes of at least 4 members (excludes halogenated alkanes) is 3. The van der Waals surface area contributed by atoms with Crippen LogP contribution in [0.15, 0.2) is 0 Å². The predicted molar refractivity (Wildman–Crippen MR) is 60.8 cm³/mol. The van der Waals surface area contributed by atoms with Crippen LogP contribution in [-0.2, 0) is 24.4 Å². The van der Waals surface area contributed by atoms with Crippen molar-refractivity contribution in [2.45, 2.75) is 44.3 Å². The number of carboxylic acid groups (broad SMARTS) is 1. The Labute approximate surface area is 134 Å². The van der Waals surface area contributed by atoms with E-state index >= 15 is 0 Å². The van der Waals surface area contributed by atoms with Gasteiger partial charge in [-0.2, -0.15) is 0 Å². The number of carboxylic acids is 1. The number of ether oxygens (including phenoxy) is 1. The van der Waals surface area contributed by atoms with Crippen molar-refractivity contribution >= 4 is 22.1 Å². The zero-order valence-corrected chi connectivity index (χ0v) is 13.9. The minimum Gasteiger partial charge on any atom is -0.747 e. The first-order valence-corrected chi connectivity index (χ1v) is 7.09. The Kier molecular flexibility index (Phi) is 11.8. The zero-order chi connectivity index (χ0) is 14.2. The molecule has 0 amide bonds. The topological polar surface area (TPSA) is 121 Å². The molecule has 0 aliphatic heterocycles. The van der Waals surface area contributed by atoms with Crippen LogP contribution in [-0.4, -0.2) is 41.9 Å². The van der Waals surface area contributed by atoms with Crippen LogP contribution in [0.25, 0.3) is 0 Å². The second-order valence-electron chi connectivity index (χ2n) is 3.80. The molecule has 1 atom stereocenters. The molecule has 0 aliphatic rings. The first kappa shape index (κ1) is 21.2. The van der Waals surface area contributed by atoms with Crippen molar-refractivity contribution < 1.29 is 62.0 Å². The monoisotopic (exact) mass is 304 g/mol. The van der Waals surface area contributed by atoms with Crippen LogP contribution in [0.1, 0.15) is 39.0 Å². The Bertz CT molecular complexity index is 379. The molecule has 0 radical (unpaired) electrons. The van der Waals surface area contributed by atoms with Gasteiger partial charge in [0.15, 0.2) is 5.25 Å². The van der Waals surface area contributed by atoms with Gasteiger partial charge in [-0.3, -0.25) is 9.59 Å². The smallest absolute Gasteiger partial charge is 0.747 e. The van der Waals surface area contributed by atoms with Crippen molar-refractivity contribution in [1.82, 2.24) is 0 Å². The summed E-state index contributed by atoms with van der Waals surface area (Å²) in [6, 6.07) is 0. The molecular weight excluding hydrogens is 287 g/mol. The number of carbonyl (C=O) groups is 2. The van der Waals surface area contributed by atoms with Crippen molar-refractivity contribution in [3.8, 4) is 0 Å². The SMILES string of the molecule is CCCCCCOC(=O)CC(C(=O)O)S(=O)(=O)[O-].[Na+]. The molecule has 0 heterocycles. The van der Waals surface area contributed by atoms with Crippen LogP contribution in [0, 0.1) is 0 Å². The fourth-order valence-electron chi connectivity index (χ4n) is 1.24. The minimum absolute atomic E-state index is 0. The fourth-order valence-corrected chi connectivity index (χ4v) is 1.83. The van der Waals surface area contributed by atoms with Crippen LogP contribution >= 0.6 is 0 Å². The van der Waals surface area contributed by atoms with Crippen molar-refractivity contribution in [3.05, 3.63) is 0 Å². The van der Waals surface area contributed by atoms with Crippen molar-refractivity contribution in [2.75, 3.05) is 6.61 Å². The first-order chi connectivity index (χ1) is 8.29. The van der Waals surface area contributed by atoms with Crippen molar-refractivity contribution in [3.63, 3.8) is 0 Å². The zero-order valence-electron chi connectivity index (χ0n) is 11.1. The second kappa shape index (κ2) is 10.6. The minimum atomic E-state index is -5.05. The number of esters is 1. The van der Waals surface area contributed by atoms with Gasteiger partial charge in [0.2, 0.25) is 0 Å². The van der Waals surface area contributed by atoms with E-state index in [2.05, 4.69) is 4.74 Å². The van der Waals surface area contributed by atoms with E-state index in [9.17, 15) is 22.6 Å². The Balaban J connectivity index is 0. The summed E-state index contributed by atoms with van der Waals surface area (Å²) in [6.07, 6.45) is 2.55. The van der Waals surface area contributed by atoms with E-state index in [1.807, 2.05) is 6.92 Å². The Morgan fingerprint density at radius 1 is 1.26 bits per heavy atom. The number of carbonyl (C=O) groups excluding carboxylic acids is 1. The molecule has 7 nitrogen and oxygen atoms in total. The second-order valence-corrected chi connectivity index (χ2v) is 5.36. The summed E-state index contributed by atoms with van der Waals surface area (Å²) in [5.74, 6) is -2.83. The number of aliphatic carboxylic acids is 1. The molecule has 1 unspecified atom stereocenters. The maximum absolute atomic E-state index is 11.1. The molecule has 0 aliphatic carbocycles. The molecule has 0 rings (SSSR count). The van der Waals surface area contributed by atoms with Crippen LogP contribution in [0.4, 0.5) is 0 Å². The van der Waals surface area contributed by atoms with E-state index in [1.54, 1.807) is 0 Å². The average molecular weight is 304 g/mol. The Hall–Kier alpha value is -0.150. The van der Waals surface area contributed by atoms with Gasteiger partial charge in [-0.25, -0.2) is 8.42 Å². The number of hydrogen-bond acceptors (Lipinski definition) is 6. The maximum atomic E-state index is 11.1. The van der Waals surface area contributed by atoms with Crippen LogP contribution < -0.4 is 29.6 Å². The molecule has 0 spiro atoms. The summed E-state index contributed by atoms with van der Waals surface area (Å²) < 4.78 is 36.4. The average Bonchev–Trinajstić information content (AvgIpc) is 2.23. The van der Waals surface area contributed by atoms with Gasteiger partial charge < -0.3 is 14.4 Å². The molecule has 0 bridgehead atoms. The molecule has 0 aromatic heterocycles. The standard InChI is InChI=1S/C10H18O7S.Na/c1-2-3-4-5-6-17-9(11)7-8(10(12)13)18(14,15)16;/h8H,2-7H2,1H3,(H,12,13)(H,14,15,16);/q;+1/p-1. The maximum Gasteiger partial charge on any atom is 1.00 e. The molecule has 1 N–H and O–H groups in total. The third-order valence-corrected chi connectivity index (χ3v) is 3.30. The first-order valence-electron chi connectivity index (χ1n) is 5.62. The quantitative estimate of drug-likeness (QED) is 0.216. The third-order valence-electron chi connectivity index (χ3n) is 2.24. The molecule has 19 heavy (non-hydrogen) atoms. The van der Waals surface area contributed by atoms with Gasteiger partial charge in [0.25, 0.3) is 0 Å². The Morgan fingerprint density at radius 2 is 1.84 bits per heavy atom. The predicted octanol–water partition coefficient (Wildman–Crippen LogP) is -2.50. The van der Waals surface area contributed by atoms with E-state index < -0.39 is 33.7 Å². The molecule has 9 heteroatoms. The van der Waals surface area contributed by atoms with Crippen LogP contribution in [0.5, 0.6) is 0 Å². The van der Waals surface area contributed by atoms with Gasteiger partial charge in [-0.15, -0.1) is 0 Å². The number of rotatable bonds is 9. The third kappa shape index (κ3) is 10.3. The molecule has 0 saturated heterocycles. The van der Waals surface area contributed by atoms with E-state index in [-0.39, 0.29) is 36.2 Å². The van der Waals surface area contributed by atoms with Gasteiger partial charge in [-0.05, 0) is 6.42 Å². The van der Waals surface area contributed by atoms with Gasteiger partial charge in [0, 0.05) is 0 Å². The molecular formula is C10H17NaO7S. The fraction of sp³-hybridized carbons (Fsp3) is 0.800. The van der Waals surface area contributed by atoms with Gasteiger partial charge in [0.1, 0.15) is 10.1 Å². The normalized spacial score (nSPS) is 12.3. The van der Waals surface area contributed by atoms with E-state index in [1.165, 1.54) is 0 Å². The Morgan fingerprint density at radius 3 is 2.26 bits per heavy atom. The van der Waals surface area contributed by atoms with E-state index in [0.717, 1.165) is 19.3 Å². The van der Waals surface area contributed by atoms with Crippen molar-refractivity contribution in [2.24, 2.45) is 0 Å². The summed E-state index contributed by atoms with van der Waals surface area (Å²) in [5.41, 5.74) is 0. The summed E-state index contributed by atoms with van der Waals surface area (Å²) in [4.78, 5) is 21.7. The van der Waals surface area contributed by atoms with E-state index in [0.29, 0.717) is 6.42 Å². The molecule has 0 saturated carbocycles. The number of hydrogen-bond donors (Lipinski definition) is 1. The summed E-state index contributed by atoms with van der Waals surface area (Å²) in [7, 11) is -5.05. The molecule has 0 fully saturated rings. The van der Waals surface area contributed by atoms with E-state index in [4.69, 9.17) is 5.11 Å². The van der Waals surface area contributed by atoms with Crippen molar-refractivity contribution in [1.29, 1.82) is 0 Å². The summed E-state index contributed by atoms with van der Waals surface area (Å²) >= 11 is 0. The summed E-state index contributed by atoms with van der Waals surface area (Å²) in [6.45, 7) is 2.12. The van der Waals surface area contributed by atoms with Gasteiger partial charge >= 0.3 is 41.5 Å². The van der Waals surface area contributed by atoms with Gasteiger partial charge in [0.05, 0.1) is 13.0 Å². The van der Waals surface area contributed by atoms with Gasteiger partial charge in [-0.1, -0.05) is 26.2 Å².